The molecule has 0 heterocycles. The van der Waals surface area contributed by atoms with Gasteiger partial charge in [-0.25, -0.2) is 0 Å². The predicted octanol–water partition coefficient (Wildman–Crippen LogP) is 3.94. The average Bonchev–Trinajstić information content (AvgIpc) is 2.29. The lowest BCUT2D eigenvalue weighted by Crippen LogP contribution is -2.11. The molecule has 4 heteroatoms. The van der Waals surface area contributed by atoms with E-state index >= 15 is 0 Å². The lowest BCUT2D eigenvalue weighted by molar-refractivity contribution is 0.103. The van der Waals surface area contributed by atoms with Crippen LogP contribution in [0.1, 0.15) is 15.9 Å². The van der Waals surface area contributed by atoms with Crippen molar-refractivity contribution in [3.63, 3.8) is 0 Å². The summed E-state index contributed by atoms with van der Waals surface area (Å²) in [6.07, 6.45) is 0. The first kappa shape index (κ1) is 12.9. The van der Waals surface area contributed by atoms with Crippen LogP contribution < -0.4 is 5.30 Å². The third-order valence-electron chi connectivity index (χ3n) is 2.40. The van der Waals surface area contributed by atoms with Crippen LogP contribution in [0.2, 0.25) is 0 Å². The Morgan fingerprint density at radius 3 is 2.12 bits per heavy atom. The van der Waals surface area contributed by atoms with E-state index in [-0.39, 0.29) is 5.78 Å². The second-order valence-corrected chi connectivity index (χ2v) is 5.84. The summed E-state index contributed by atoms with van der Waals surface area (Å²) in [6, 6.07) is 13.1. The van der Waals surface area contributed by atoms with Crippen molar-refractivity contribution >= 4 is 52.2 Å². The minimum absolute atomic E-state index is 0.00921. The second-order valence-electron chi connectivity index (χ2n) is 3.51. The third-order valence-corrected chi connectivity index (χ3v) is 4.22. The van der Waals surface area contributed by atoms with Crippen molar-refractivity contribution in [1.29, 1.82) is 0 Å². The number of hydrogen-bond acceptors (Lipinski definition) is 1. The molecule has 0 aliphatic carbocycles. The van der Waals surface area contributed by atoms with E-state index in [1.165, 1.54) is 0 Å². The van der Waals surface area contributed by atoms with Crippen molar-refractivity contribution in [2.75, 3.05) is 0 Å². The van der Waals surface area contributed by atoms with E-state index < -0.39 is 0 Å². The van der Waals surface area contributed by atoms with Crippen LogP contribution in [0.3, 0.4) is 0 Å². The molecule has 0 bridgehead atoms. The van der Waals surface area contributed by atoms with Gasteiger partial charge in [-0.2, -0.15) is 0 Å². The number of hydrogen-bond donors (Lipinski definition) is 0. The third kappa shape index (κ3) is 2.67. The van der Waals surface area contributed by atoms with Crippen LogP contribution in [-0.2, 0) is 0 Å². The molecule has 0 amide bonds. The highest BCUT2D eigenvalue weighted by molar-refractivity contribution is 9.11. The van der Waals surface area contributed by atoms with Gasteiger partial charge < -0.3 is 0 Å². The number of halogens is 2. The molecule has 0 fully saturated rings. The van der Waals surface area contributed by atoms with E-state index in [0.717, 1.165) is 14.2 Å². The maximum absolute atomic E-state index is 12.4. The van der Waals surface area contributed by atoms with Crippen LogP contribution in [0, 0.1) is 0 Å². The predicted molar refractivity (Wildman–Crippen MR) is 81.1 cm³/mol. The second kappa shape index (κ2) is 5.43. The minimum Gasteiger partial charge on any atom is -0.289 e. The summed E-state index contributed by atoms with van der Waals surface area (Å²) in [5.74, 6) is 0.00921. The quantitative estimate of drug-likeness (QED) is 0.577. The van der Waals surface area contributed by atoms with Gasteiger partial charge in [0.2, 0.25) is 0 Å². The Bertz CT molecular complexity index is 561. The van der Waals surface area contributed by atoms with Gasteiger partial charge in [0.15, 0.2) is 5.78 Å². The molecule has 86 valence electrons. The minimum atomic E-state index is 0.00921. The van der Waals surface area contributed by atoms with E-state index in [1.807, 2.05) is 42.5 Å². The molecule has 0 saturated carbocycles. The molecular formula is C13H9Br2OP. The molecule has 17 heavy (non-hydrogen) atoms. The van der Waals surface area contributed by atoms with Crippen LogP contribution in [0.4, 0.5) is 0 Å². The van der Waals surface area contributed by atoms with Gasteiger partial charge in [-0.3, -0.25) is 4.79 Å². The molecular weight excluding hydrogens is 363 g/mol. The molecule has 2 aromatic carbocycles. The average molecular weight is 372 g/mol. The van der Waals surface area contributed by atoms with Crippen molar-refractivity contribution in [3.05, 3.63) is 62.5 Å². The van der Waals surface area contributed by atoms with Gasteiger partial charge in [0.1, 0.15) is 0 Å². The van der Waals surface area contributed by atoms with Gasteiger partial charge in [0.05, 0.1) is 5.56 Å². The largest absolute Gasteiger partial charge is 0.289 e. The SMILES string of the molecule is O=C(c1ccccc1P)c1c(Br)cccc1Br. The van der Waals surface area contributed by atoms with Gasteiger partial charge >= 0.3 is 0 Å². The lowest BCUT2D eigenvalue weighted by atomic mass is 10.0. The van der Waals surface area contributed by atoms with E-state index in [9.17, 15) is 4.79 Å². The Morgan fingerprint density at radius 1 is 0.941 bits per heavy atom. The van der Waals surface area contributed by atoms with E-state index in [4.69, 9.17) is 0 Å². The van der Waals surface area contributed by atoms with Crippen molar-refractivity contribution in [1.82, 2.24) is 0 Å². The summed E-state index contributed by atoms with van der Waals surface area (Å²) in [5.41, 5.74) is 1.35. The van der Waals surface area contributed by atoms with Gasteiger partial charge in [0.25, 0.3) is 0 Å². The summed E-state index contributed by atoms with van der Waals surface area (Å²) in [6.45, 7) is 0. The molecule has 2 rings (SSSR count). The van der Waals surface area contributed by atoms with Crippen LogP contribution in [0.25, 0.3) is 0 Å². The molecule has 2 aromatic rings. The van der Waals surface area contributed by atoms with Crippen molar-refractivity contribution in [2.24, 2.45) is 0 Å². The maximum atomic E-state index is 12.4. The summed E-state index contributed by atoms with van der Waals surface area (Å²) in [5, 5.41) is 0.903. The topological polar surface area (TPSA) is 17.1 Å². The fourth-order valence-electron chi connectivity index (χ4n) is 1.55. The molecule has 1 nitrogen and oxygen atoms in total. The fourth-order valence-corrected chi connectivity index (χ4v) is 3.25. The number of carbonyl (C=O) groups is 1. The van der Waals surface area contributed by atoms with Crippen molar-refractivity contribution in [3.8, 4) is 0 Å². The molecule has 0 spiro atoms. The number of carbonyl (C=O) groups excluding carboxylic acids is 1. The standard InChI is InChI=1S/C13H9Br2OP/c14-9-5-3-6-10(15)12(9)13(16)8-4-1-2-7-11(8)17/h1-7H,17H2. The van der Waals surface area contributed by atoms with E-state index in [2.05, 4.69) is 41.1 Å². The van der Waals surface area contributed by atoms with E-state index in [1.54, 1.807) is 0 Å². The highest BCUT2D eigenvalue weighted by atomic mass is 79.9. The number of rotatable bonds is 2. The van der Waals surface area contributed by atoms with Crippen molar-refractivity contribution < 1.29 is 4.79 Å². The molecule has 0 radical (unpaired) electrons. The van der Waals surface area contributed by atoms with Crippen LogP contribution >= 0.6 is 41.1 Å². The van der Waals surface area contributed by atoms with Gasteiger partial charge in [-0.15, -0.1) is 9.24 Å². The van der Waals surface area contributed by atoms with Gasteiger partial charge in [-0.05, 0) is 49.3 Å². The molecule has 0 aliphatic heterocycles. The molecule has 1 atom stereocenters. The van der Waals surface area contributed by atoms with Crippen LogP contribution in [0.15, 0.2) is 51.4 Å². The summed E-state index contributed by atoms with van der Waals surface area (Å²) < 4.78 is 1.59. The monoisotopic (exact) mass is 370 g/mol. The zero-order chi connectivity index (χ0) is 12.4. The molecule has 0 N–H and O–H groups in total. The molecule has 0 aromatic heterocycles. The fraction of sp³-hybridized carbons (Fsp3) is 0. The molecule has 0 saturated heterocycles. The van der Waals surface area contributed by atoms with E-state index in [0.29, 0.717) is 11.1 Å². The first-order valence-electron chi connectivity index (χ1n) is 4.94. The zero-order valence-electron chi connectivity index (χ0n) is 8.78. The Morgan fingerprint density at radius 2 is 1.53 bits per heavy atom. The van der Waals surface area contributed by atoms with Gasteiger partial charge in [0, 0.05) is 14.5 Å². The first-order valence-corrected chi connectivity index (χ1v) is 7.11. The Balaban J connectivity index is 2.56. The molecule has 1 unspecified atom stereocenters. The Kier molecular flexibility index (Phi) is 4.13. The van der Waals surface area contributed by atoms with Gasteiger partial charge in [-0.1, -0.05) is 30.3 Å². The highest BCUT2D eigenvalue weighted by Gasteiger charge is 2.17. The lowest BCUT2D eigenvalue weighted by Gasteiger charge is -2.08. The Hall–Kier alpha value is -0.500. The Labute approximate surface area is 119 Å². The number of ketones is 1. The first-order chi connectivity index (χ1) is 8.11. The molecule has 0 aliphatic rings. The smallest absolute Gasteiger partial charge is 0.195 e. The highest BCUT2D eigenvalue weighted by Crippen LogP contribution is 2.27. The zero-order valence-corrected chi connectivity index (χ0v) is 13.1. The number of benzene rings is 2. The maximum Gasteiger partial charge on any atom is 0.195 e. The van der Waals surface area contributed by atoms with Crippen LogP contribution in [0.5, 0.6) is 0 Å². The van der Waals surface area contributed by atoms with Crippen LogP contribution in [-0.4, -0.2) is 5.78 Å². The van der Waals surface area contributed by atoms with Crippen molar-refractivity contribution in [2.45, 2.75) is 0 Å². The summed E-state index contributed by atoms with van der Waals surface area (Å²) >= 11 is 6.82. The normalized spacial score (nSPS) is 10.3. The summed E-state index contributed by atoms with van der Waals surface area (Å²) in [4.78, 5) is 12.4. The summed E-state index contributed by atoms with van der Waals surface area (Å²) in [7, 11) is 2.59.